The van der Waals surface area contributed by atoms with Crippen LogP contribution in [0.1, 0.15) is 44.6 Å². The molecule has 1 saturated heterocycles. The topological polar surface area (TPSA) is 32.3 Å². The average molecular weight is 286 g/mol. The summed E-state index contributed by atoms with van der Waals surface area (Å²) in [4.78, 5) is 14.7. The second-order valence-corrected chi connectivity index (χ2v) is 6.81. The highest BCUT2D eigenvalue weighted by Gasteiger charge is 2.42. The number of carbonyl (C=O) groups is 1. The molecule has 1 amide bonds. The summed E-state index contributed by atoms with van der Waals surface area (Å²) in [5, 5.41) is 3.07. The zero-order valence-corrected chi connectivity index (χ0v) is 13.0. The number of benzene rings is 1. The highest BCUT2D eigenvalue weighted by atomic mass is 16.2. The SMILES string of the molecule is CC(C(=O)NCc1ccccc1)N1CCC2(CCCC2)C1. The second-order valence-electron chi connectivity index (χ2n) is 6.81. The predicted octanol–water partition coefficient (Wildman–Crippen LogP) is 2.96. The van der Waals surface area contributed by atoms with E-state index in [1.54, 1.807) is 0 Å². The lowest BCUT2D eigenvalue weighted by atomic mass is 9.86. The Hall–Kier alpha value is -1.35. The lowest BCUT2D eigenvalue weighted by Gasteiger charge is -2.27. The van der Waals surface area contributed by atoms with E-state index >= 15 is 0 Å². The van der Waals surface area contributed by atoms with Crippen molar-refractivity contribution in [3.05, 3.63) is 35.9 Å². The van der Waals surface area contributed by atoms with Crippen LogP contribution in [0.5, 0.6) is 0 Å². The first kappa shape index (κ1) is 14.6. The van der Waals surface area contributed by atoms with Gasteiger partial charge >= 0.3 is 0 Å². The Kier molecular flexibility index (Phi) is 4.29. The lowest BCUT2D eigenvalue weighted by molar-refractivity contribution is -0.125. The maximum atomic E-state index is 12.4. The normalized spacial score (nSPS) is 22.5. The van der Waals surface area contributed by atoms with Crippen molar-refractivity contribution in [3.8, 4) is 0 Å². The molecule has 1 saturated carbocycles. The molecule has 1 aromatic rings. The van der Waals surface area contributed by atoms with E-state index in [9.17, 15) is 4.79 Å². The van der Waals surface area contributed by atoms with Crippen molar-refractivity contribution >= 4 is 5.91 Å². The largest absolute Gasteiger partial charge is 0.351 e. The summed E-state index contributed by atoms with van der Waals surface area (Å²) in [6.45, 7) is 4.88. The van der Waals surface area contributed by atoms with Crippen molar-refractivity contribution in [2.24, 2.45) is 5.41 Å². The Morgan fingerprint density at radius 3 is 2.67 bits per heavy atom. The molecule has 1 heterocycles. The molecular formula is C18H26N2O. The van der Waals surface area contributed by atoms with Gasteiger partial charge in [-0.2, -0.15) is 0 Å². The maximum absolute atomic E-state index is 12.4. The lowest BCUT2D eigenvalue weighted by Crippen LogP contribution is -2.44. The second kappa shape index (κ2) is 6.18. The van der Waals surface area contributed by atoms with Gasteiger partial charge in [0, 0.05) is 13.1 Å². The Balaban J connectivity index is 1.51. The van der Waals surface area contributed by atoms with E-state index in [0.717, 1.165) is 18.7 Å². The molecular weight excluding hydrogens is 260 g/mol. The van der Waals surface area contributed by atoms with Crippen LogP contribution < -0.4 is 5.32 Å². The quantitative estimate of drug-likeness (QED) is 0.923. The minimum atomic E-state index is -0.00585. The zero-order chi connectivity index (χ0) is 14.7. The molecule has 0 aromatic heterocycles. The van der Waals surface area contributed by atoms with Crippen molar-refractivity contribution in [1.29, 1.82) is 0 Å². The summed E-state index contributed by atoms with van der Waals surface area (Å²) < 4.78 is 0. The van der Waals surface area contributed by atoms with Gasteiger partial charge in [0.05, 0.1) is 6.04 Å². The van der Waals surface area contributed by atoms with Gasteiger partial charge in [0.2, 0.25) is 5.91 Å². The molecule has 3 heteroatoms. The average Bonchev–Trinajstić information content (AvgIpc) is 3.16. The molecule has 3 rings (SSSR count). The third-order valence-corrected chi connectivity index (χ3v) is 5.37. The summed E-state index contributed by atoms with van der Waals surface area (Å²) in [7, 11) is 0. The molecule has 1 N–H and O–H groups in total. The van der Waals surface area contributed by atoms with Crippen LogP contribution in [0.3, 0.4) is 0 Å². The van der Waals surface area contributed by atoms with Crippen molar-refractivity contribution in [2.75, 3.05) is 13.1 Å². The number of carbonyl (C=O) groups excluding carboxylic acids is 1. The van der Waals surface area contributed by atoms with Gasteiger partial charge in [0.15, 0.2) is 0 Å². The Morgan fingerprint density at radius 2 is 1.95 bits per heavy atom. The van der Waals surface area contributed by atoms with E-state index in [1.807, 2.05) is 37.3 Å². The minimum Gasteiger partial charge on any atom is -0.351 e. The molecule has 21 heavy (non-hydrogen) atoms. The van der Waals surface area contributed by atoms with Gasteiger partial charge in [-0.1, -0.05) is 43.2 Å². The van der Waals surface area contributed by atoms with E-state index < -0.39 is 0 Å². The van der Waals surface area contributed by atoms with Gasteiger partial charge in [0.25, 0.3) is 0 Å². The third-order valence-electron chi connectivity index (χ3n) is 5.37. The smallest absolute Gasteiger partial charge is 0.237 e. The van der Waals surface area contributed by atoms with Gasteiger partial charge in [-0.25, -0.2) is 0 Å². The van der Waals surface area contributed by atoms with E-state index in [4.69, 9.17) is 0 Å². The fourth-order valence-corrected chi connectivity index (χ4v) is 3.93. The Morgan fingerprint density at radius 1 is 1.24 bits per heavy atom. The molecule has 1 spiro atoms. The van der Waals surface area contributed by atoms with E-state index in [1.165, 1.54) is 32.1 Å². The molecule has 2 fully saturated rings. The molecule has 0 radical (unpaired) electrons. The van der Waals surface area contributed by atoms with Crippen LogP contribution in [0.4, 0.5) is 0 Å². The Bertz CT molecular complexity index is 479. The summed E-state index contributed by atoms with van der Waals surface area (Å²) in [6.07, 6.45) is 6.76. The fraction of sp³-hybridized carbons (Fsp3) is 0.611. The first-order valence-electron chi connectivity index (χ1n) is 8.24. The number of amides is 1. The predicted molar refractivity (Wildman–Crippen MR) is 84.8 cm³/mol. The summed E-state index contributed by atoms with van der Waals surface area (Å²) in [6, 6.07) is 10.1. The fourth-order valence-electron chi connectivity index (χ4n) is 3.93. The van der Waals surface area contributed by atoms with Gasteiger partial charge in [-0.15, -0.1) is 0 Å². The maximum Gasteiger partial charge on any atom is 0.237 e. The molecule has 1 aromatic carbocycles. The highest BCUT2D eigenvalue weighted by Crippen LogP contribution is 2.45. The minimum absolute atomic E-state index is 0.00585. The molecule has 2 aliphatic rings. The van der Waals surface area contributed by atoms with Crippen LogP contribution in [0, 0.1) is 5.41 Å². The molecule has 1 aliphatic carbocycles. The molecule has 1 atom stereocenters. The molecule has 3 nitrogen and oxygen atoms in total. The zero-order valence-electron chi connectivity index (χ0n) is 13.0. The van der Waals surface area contributed by atoms with Gasteiger partial charge in [-0.05, 0) is 43.7 Å². The van der Waals surface area contributed by atoms with Crippen molar-refractivity contribution in [2.45, 2.75) is 51.6 Å². The van der Waals surface area contributed by atoms with E-state index in [-0.39, 0.29) is 11.9 Å². The van der Waals surface area contributed by atoms with E-state index in [2.05, 4.69) is 10.2 Å². The van der Waals surface area contributed by atoms with Gasteiger partial charge < -0.3 is 5.32 Å². The van der Waals surface area contributed by atoms with Gasteiger partial charge in [0.1, 0.15) is 0 Å². The summed E-state index contributed by atoms with van der Waals surface area (Å²) >= 11 is 0. The number of nitrogens with one attached hydrogen (secondary N) is 1. The first-order valence-corrected chi connectivity index (χ1v) is 8.24. The summed E-state index contributed by atoms with van der Waals surface area (Å²) in [5.74, 6) is 0.161. The standard InChI is InChI=1S/C18H26N2O/c1-15(17(21)19-13-16-7-3-2-4-8-16)20-12-11-18(14-20)9-5-6-10-18/h2-4,7-8,15H,5-6,9-14H2,1H3,(H,19,21). The van der Waals surface area contributed by atoms with Crippen LogP contribution in [0.2, 0.25) is 0 Å². The van der Waals surface area contributed by atoms with Crippen molar-refractivity contribution in [1.82, 2.24) is 10.2 Å². The monoisotopic (exact) mass is 286 g/mol. The number of likely N-dealkylation sites (tertiary alicyclic amines) is 1. The van der Waals surface area contributed by atoms with Crippen LogP contribution in [0.25, 0.3) is 0 Å². The van der Waals surface area contributed by atoms with Crippen LogP contribution in [-0.2, 0) is 11.3 Å². The number of nitrogens with zero attached hydrogens (tertiary/aromatic N) is 1. The molecule has 1 unspecified atom stereocenters. The Labute approximate surface area is 127 Å². The van der Waals surface area contributed by atoms with Gasteiger partial charge in [-0.3, -0.25) is 9.69 Å². The van der Waals surface area contributed by atoms with Crippen molar-refractivity contribution in [3.63, 3.8) is 0 Å². The highest BCUT2D eigenvalue weighted by molar-refractivity contribution is 5.81. The first-order chi connectivity index (χ1) is 10.2. The molecule has 1 aliphatic heterocycles. The van der Waals surface area contributed by atoms with Crippen LogP contribution >= 0.6 is 0 Å². The third kappa shape index (κ3) is 3.29. The number of rotatable bonds is 4. The van der Waals surface area contributed by atoms with Crippen molar-refractivity contribution < 1.29 is 4.79 Å². The van der Waals surface area contributed by atoms with Crippen LogP contribution in [-0.4, -0.2) is 29.9 Å². The number of hydrogen-bond acceptors (Lipinski definition) is 2. The summed E-state index contributed by atoms with van der Waals surface area (Å²) in [5.41, 5.74) is 1.69. The number of hydrogen-bond donors (Lipinski definition) is 1. The molecule has 114 valence electrons. The molecule has 0 bridgehead atoms. The van der Waals surface area contributed by atoms with Crippen LogP contribution in [0.15, 0.2) is 30.3 Å². The van der Waals surface area contributed by atoms with E-state index in [0.29, 0.717) is 12.0 Å².